The summed E-state index contributed by atoms with van der Waals surface area (Å²) in [7, 11) is 1.82. The van der Waals surface area contributed by atoms with E-state index in [0.29, 0.717) is 24.5 Å². The Balaban J connectivity index is 1.48. The molecular weight excluding hydrogens is 314 g/mol. The molecule has 2 unspecified atom stereocenters. The van der Waals surface area contributed by atoms with Crippen LogP contribution in [0.4, 0.5) is 0 Å². The number of rotatable bonds is 7. The van der Waals surface area contributed by atoms with Crippen LogP contribution in [-0.4, -0.2) is 47.7 Å². The van der Waals surface area contributed by atoms with Crippen LogP contribution in [0.5, 0.6) is 0 Å². The maximum Gasteiger partial charge on any atom is 0.191 e. The van der Waals surface area contributed by atoms with Crippen LogP contribution in [0.15, 0.2) is 15.6 Å². The summed E-state index contributed by atoms with van der Waals surface area (Å²) in [5.74, 6) is 2.20. The van der Waals surface area contributed by atoms with Crippen molar-refractivity contribution in [3.63, 3.8) is 0 Å². The molecule has 2 atom stereocenters. The molecule has 0 amide bonds. The molecule has 6 nitrogen and oxygen atoms in total. The molecule has 1 saturated heterocycles. The van der Waals surface area contributed by atoms with Crippen molar-refractivity contribution in [2.45, 2.75) is 83.5 Å². The zero-order valence-corrected chi connectivity index (χ0v) is 16.1. The van der Waals surface area contributed by atoms with E-state index in [2.05, 4.69) is 52.5 Å². The van der Waals surface area contributed by atoms with E-state index in [9.17, 15) is 0 Å². The van der Waals surface area contributed by atoms with Crippen LogP contribution < -0.4 is 10.6 Å². The van der Waals surface area contributed by atoms with Crippen molar-refractivity contribution in [3.05, 3.63) is 17.5 Å². The SMILES string of the molecule is CCC(CC)c1cc(CNC(=NC)NC2CC(C)N(C3CC3)C2)on1. The first kappa shape index (κ1) is 18.2. The number of hydrogen-bond donors (Lipinski definition) is 2. The van der Waals surface area contributed by atoms with Gasteiger partial charge in [0.05, 0.1) is 12.2 Å². The lowest BCUT2D eigenvalue weighted by molar-refractivity contribution is 0.256. The summed E-state index contributed by atoms with van der Waals surface area (Å²) in [5, 5.41) is 11.2. The van der Waals surface area contributed by atoms with Crippen LogP contribution in [0, 0.1) is 0 Å². The van der Waals surface area contributed by atoms with E-state index in [1.165, 1.54) is 19.3 Å². The van der Waals surface area contributed by atoms with E-state index < -0.39 is 0 Å². The van der Waals surface area contributed by atoms with Crippen LogP contribution in [0.2, 0.25) is 0 Å². The molecule has 2 fully saturated rings. The molecule has 2 heterocycles. The van der Waals surface area contributed by atoms with Gasteiger partial charge in [-0.3, -0.25) is 9.89 Å². The lowest BCUT2D eigenvalue weighted by Gasteiger charge is -2.20. The zero-order chi connectivity index (χ0) is 17.8. The third-order valence-corrected chi connectivity index (χ3v) is 5.61. The summed E-state index contributed by atoms with van der Waals surface area (Å²) in [6, 6.07) is 4.04. The van der Waals surface area contributed by atoms with Gasteiger partial charge in [-0.1, -0.05) is 19.0 Å². The minimum absolute atomic E-state index is 0.469. The summed E-state index contributed by atoms with van der Waals surface area (Å²) in [6.45, 7) is 8.46. The molecule has 2 aliphatic rings. The number of hydrogen-bond acceptors (Lipinski definition) is 4. The van der Waals surface area contributed by atoms with Gasteiger partial charge in [-0.2, -0.15) is 0 Å². The van der Waals surface area contributed by atoms with Crippen molar-refractivity contribution in [1.29, 1.82) is 0 Å². The summed E-state index contributed by atoms with van der Waals surface area (Å²) in [5.41, 5.74) is 1.06. The molecule has 2 N–H and O–H groups in total. The first-order chi connectivity index (χ1) is 12.1. The molecule has 6 heteroatoms. The Morgan fingerprint density at radius 3 is 2.80 bits per heavy atom. The topological polar surface area (TPSA) is 65.7 Å². The van der Waals surface area contributed by atoms with Crippen LogP contribution in [0.1, 0.15) is 70.2 Å². The fourth-order valence-corrected chi connectivity index (χ4v) is 3.95. The Morgan fingerprint density at radius 1 is 1.40 bits per heavy atom. The molecule has 0 bridgehead atoms. The fourth-order valence-electron chi connectivity index (χ4n) is 3.95. The van der Waals surface area contributed by atoms with Gasteiger partial charge in [0.25, 0.3) is 0 Å². The number of likely N-dealkylation sites (tertiary alicyclic amines) is 1. The Bertz CT molecular complexity index is 576. The molecule has 3 rings (SSSR count). The second kappa shape index (κ2) is 8.21. The normalized spacial score (nSPS) is 24.9. The second-order valence-corrected chi connectivity index (χ2v) is 7.51. The van der Waals surface area contributed by atoms with Gasteiger partial charge in [0.2, 0.25) is 0 Å². The lowest BCUT2D eigenvalue weighted by atomic mass is 9.99. The van der Waals surface area contributed by atoms with E-state index in [1.807, 2.05) is 7.05 Å². The highest BCUT2D eigenvalue weighted by atomic mass is 16.5. The number of nitrogens with one attached hydrogen (secondary N) is 2. The van der Waals surface area contributed by atoms with Gasteiger partial charge in [0.1, 0.15) is 0 Å². The number of aliphatic imine (C=N–C) groups is 1. The van der Waals surface area contributed by atoms with Gasteiger partial charge in [-0.05, 0) is 39.0 Å². The summed E-state index contributed by atoms with van der Waals surface area (Å²) < 4.78 is 5.48. The summed E-state index contributed by atoms with van der Waals surface area (Å²) in [4.78, 5) is 7.01. The zero-order valence-electron chi connectivity index (χ0n) is 16.1. The highest BCUT2D eigenvalue weighted by Crippen LogP contribution is 2.33. The quantitative estimate of drug-likeness (QED) is 0.586. The van der Waals surface area contributed by atoms with Crippen LogP contribution >= 0.6 is 0 Å². The molecule has 0 aromatic carbocycles. The van der Waals surface area contributed by atoms with Crippen molar-refractivity contribution in [2.75, 3.05) is 13.6 Å². The van der Waals surface area contributed by atoms with Crippen LogP contribution in [0.3, 0.4) is 0 Å². The Labute approximate surface area is 151 Å². The first-order valence-corrected chi connectivity index (χ1v) is 9.82. The number of nitrogens with zero attached hydrogens (tertiary/aromatic N) is 3. The molecule has 1 aliphatic heterocycles. The molecule has 25 heavy (non-hydrogen) atoms. The van der Waals surface area contributed by atoms with E-state index >= 15 is 0 Å². The largest absolute Gasteiger partial charge is 0.359 e. The molecule has 1 aromatic heterocycles. The van der Waals surface area contributed by atoms with Crippen LogP contribution in [0.25, 0.3) is 0 Å². The average molecular weight is 348 g/mol. The molecule has 0 radical (unpaired) electrons. The molecule has 1 saturated carbocycles. The van der Waals surface area contributed by atoms with Crippen molar-refractivity contribution in [3.8, 4) is 0 Å². The minimum Gasteiger partial charge on any atom is -0.359 e. The number of aromatic nitrogens is 1. The maximum absolute atomic E-state index is 5.48. The standard InChI is InChI=1S/C19H33N5O/c1-5-14(6-2)18-10-17(25-23-18)11-21-19(20-4)22-15-9-13(3)24(12-15)16-7-8-16/h10,13-16H,5-9,11-12H2,1-4H3,(H2,20,21,22). The molecule has 1 aliphatic carbocycles. The Kier molecular flexibility index (Phi) is 5.99. The Hall–Kier alpha value is -1.56. The third-order valence-electron chi connectivity index (χ3n) is 5.61. The van der Waals surface area contributed by atoms with Crippen molar-refractivity contribution in [2.24, 2.45) is 4.99 Å². The minimum atomic E-state index is 0.469. The van der Waals surface area contributed by atoms with Gasteiger partial charge in [-0.25, -0.2) is 0 Å². The van der Waals surface area contributed by atoms with E-state index in [1.54, 1.807) is 0 Å². The predicted octanol–water partition coefficient (Wildman–Crippen LogP) is 2.87. The predicted molar refractivity (Wildman–Crippen MR) is 101 cm³/mol. The van der Waals surface area contributed by atoms with Crippen LogP contribution in [-0.2, 0) is 6.54 Å². The van der Waals surface area contributed by atoms with Crippen molar-refractivity contribution in [1.82, 2.24) is 20.7 Å². The molecule has 140 valence electrons. The Morgan fingerprint density at radius 2 is 2.16 bits per heavy atom. The van der Waals surface area contributed by atoms with Gasteiger partial charge >= 0.3 is 0 Å². The lowest BCUT2D eigenvalue weighted by Crippen LogP contribution is -2.44. The van der Waals surface area contributed by atoms with Gasteiger partial charge < -0.3 is 15.2 Å². The maximum atomic E-state index is 5.48. The summed E-state index contributed by atoms with van der Waals surface area (Å²) in [6.07, 6.45) is 6.11. The molecule has 1 aromatic rings. The van der Waals surface area contributed by atoms with Crippen molar-refractivity contribution < 1.29 is 4.52 Å². The molecule has 0 spiro atoms. The third kappa shape index (κ3) is 4.54. The monoisotopic (exact) mass is 347 g/mol. The van der Waals surface area contributed by atoms with E-state index in [-0.39, 0.29) is 0 Å². The van der Waals surface area contributed by atoms with Gasteiger partial charge in [0.15, 0.2) is 11.7 Å². The van der Waals surface area contributed by atoms with E-state index in [4.69, 9.17) is 4.52 Å². The fraction of sp³-hybridized carbons (Fsp3) is 0.789. The molecular formula is C19H33N5O. The highest BCUT2D eigenvalue weighted by molar-refractivity contribution is 5.79. The first-order valence-electron chi connectivity index (χ1n) is 9.82. The summed E-state index contributed by atoms with van der Waals surface area (Å²) >= 11 is 0. The van der Waals surface area contributed by atoms with Crippen molar-refractivity contribution >= 4 is 5.96 Å². The van der Waals surface area contributed by atoms with Gasteiger partial charge in [0, 0.05) is 43.7 Å². The average Bonchev–Trinajstić information content (AvgIpc) is 3.24. The number of guanidine groups is 1. The smallest absolute Gasteiger partial charge is 0.191 e. The van der Waals surface area contributed by atoms with E-state index in [0.717, 1.165) is 42.8 Å². The highest BCUT2D eigenvalue weighted by Gasteiger charge is 2.38. The van der Waals surface area contributed by atoms with Gasteiger partial charge in [-0.15, -0.1) is 0 Å². The second-order valence-electron chi connectivity index (χ2n) is 7.51.